The summed E-state index contributed by atoms with van der Waals surface area (Å²) in [7, 11) is 0. The first-order valence-electron chi connectivity index (χ1n) is 3.12. The summed E-state index contributed by atoms with van der Waals surface area (Å²) in [5, 5.41) is 0. The van der Waals surface area contributed by atoms with Gasteiger partial charge in [-0.05, 0) is 12.3 Å². The summed E-state index contributed by atoms with van der Waals surface area (Å²) in [6.07, 6.45) is 2.35. The molecule has 0 aliphatic carbocycles. The number of nitrogens with two attached hydrogens (primary N) is 1. The minimum Gasteiger partial charge on any atom is -0.402 e. The van der Waals surface area contributed by atoms with Crippen LogP contribution in [0.2, 0.25) is 0 Å². The Hall–Kier alpha value is -0.460. The molecule has 0 unspecified atom stereocenters. The Bertz CT molecular complexity index is 76.5. The van der Waals surface area contributed by atoms with E-state index < -0.39 is 0 Å². The molecule has 0 bridgehead atoms. The van der Waals surface area contributed by atoms with Crippen LogP contribution in [0.1, 0.15) is 26.7 Å². The highest BCUT2D eigenvalue weighted by Crippen LogP contribution is 2.08. The van der Waals surface area contributed by atoms with Gasteiger partial charge in [0.05, 0.1) is 0 Å². The van der Waals surface area contributed by atoms with Crippen LogP contribution in [0.25, 0.3) is 0 Å². The number of rotatable bonds is 3. The zero-order valence-corrected chi connectivity index (χ0v) is 5.78. The van der Waals surface area contributed by atoms with Crippen LogP contribution >= 0.6 is 0 Å². The van der Waals surface area contributed by atoms with Gasteiger partial charge in [-0.1, -0.05) is 26.8 Å². The van der Waals surface area contributed by atoms with E-state index in [0.29, 0.717) is 5.92 Å². The summed E-state index contributed by atoms with van der Waals surface area (Å²) < 4.78 is 0. The SMILES string of the molecule is C=C(N)[C@H](C)CCC. The van der Waals surface area contributed by atoms with Crippen molar-refractivity contribution < 1.29 is 0 Å². The fourth-order valence-corrected chi connectivity index (χ4v) is 0.618. The highest BCUT2D eigenvalue weighted by molar-refractivity contribution is 4.91. The summed E-state index contributed by atoms with van der Waals surface area (Å²) >= 11 is 0. The van der Waals surface area contributed by atoms with Crippen molar-refractivity contribution in [1.29, 1.82) is 0 Å². The Kier molecular flexibility index (Phi) is 3.33. The molecule has 1 nitrogen and oxygen atoms in total. The summed E-state index contributed by atoms with van der Waals surface area (Å²) in [4.78, 5) is 0. The second kappa shape index (κ2) is 3.53. The zero-order chi connectivity index (χ0) is 6.57. The van der Waals surface area contributed by atoms with Gasteiger partial charge in [0.2, 0.25) is 0 Å². The molecule has 0 aliphatic heterocycles. The molecule has 0 aromatic rings. The maximum atomic E-state index is 5.43. The van der Waals surface area contributed by atoms with E-state index in [-0.39, 0.29) is 0 Å². The lowest BCUT2D eigenvalue weighted by atomic mass is 10.0. The van der Waals surface area contributed by atoms with Gasteiger partial charge < -0.3 is 5.73 Å². The van der Waals surface area contributed by atoms with Crippen molar-refractivity contribution in [2.75, 3.05) is 0 Å². The van der Waals surface area contributed by atoms with Crippen LogP contribution in [0.5, 0.6) is 0 Å². The van der Waals surface area contributed by atoms with Gasteiger partial charge in [-0.25, -0.2) is 0 Å². The predicted molar refractivity (Wildman–Crippen MR) is 37.4 cm³/mol. The topological polar surface area (TPSA) is 26.0 Å². The van der Waals surface area contributed by atoms with Crippen molar-refractivity contribution in [3.05, 3.63) is 12.3 Å². The van der Waals surface area contributed by atoms with Crippen molar-refractivity contribution in [2.45, 2.75) is 26.7 Å². The average Bonchev–Trinajstić information content (AvgIpc) is 1.67. The molecule has 0 heterocycles. The molecule has 0 amide bonds. The quantitative estimate of drug-likeness (QED) is 0.594. The Morgan fingerprint density at radius 2 is 2.25 bits per heavy atom. The van der Waals surface area contributed by atoms with Gasteiger partial charge in [-0.3, -0.25) is 0 Å². The van der Waals surface area contributed by atoms with Gasteiger partial charge in [0, 0.05) is 5.70 Å². The van der Waals surface area contributed by atoms with Crippen LogP contribution in [-0.2, 0) is 0 Å². The molecular formula is C7H15N. The molecule has 0 aliphatic rings. The largest absolute Gasteiger partial charge is 0.402 e. The first kappa shape index (κ1) is 7.54. The van der Waals surface area contributed by atoms with Crippen molar-refractivity contribution in [3.8, 4) is 0 Å². The highest BCUT2D eigenvalue weighted by atomic mass is 14.6. The van der Waals surface area contributed by atoms with E-state index in [2.05, 4.69) is 20.4 Å². The van der Waals surface area contributed by atoms with E-state index >= 15 is 0 Å². The van der Waals surface area contributed by atoms with Crippen molar-refractivity contribution in [2.24, 2.45) is 11.7 Å². The molecule has 0 fully saturated rings. The van der Waals surface area contributed by atoms with Crippen LogP contribution in [-0.4, -0.2) is 0 Å². The smallest absolute Gasteiger partial charge is 0.00362 e. The van der Waals surface area contributed by atoms with Crippen molar-refractivity contribution in [3.63, 3.8) is 0 Å². The summed E-state index contributed by atoms with van der Waals surface area (Å²) in [5.41, 5.74) is 6.24. The number of hydrogen-bond donors (Lipinski definition) is 1. The average molecular weight is 113 g/mol. The third-order valence-corrected chi connectivity index (χ3v) is 1.35. The summed E-state index contributed by atoms with van der Waals surface area (Å²) in [5.74, 6) is 0.500. The molecule has 1 heteroatoms. The molecule has 48 valence electrons. The van der Waals surface area contributed by atoms with Gasteiger partial charge in [0.15, 0.2) is 0 Å². The van der Waals surface area contributed by atoms with E-state index in [0.717, 1.165) is 12.1 Å². The Morgan fingerprint density at radius 3 is 2.38 bits per heavy atom. The third-order valence-electron chi connectivity index (χ3n) is 1.35. The molecule has 2 N–H and O–H groups in total. The normalized spacial score (nSPS) is 13.2. The van der Waals surface area contributed by atoms with Crippen LogP contribution in [0, 0.1) is 5.92 Å². The van der Waals surface area contributed by atoms with Gasteiger partial charge >= 0.3 is 0 Å². The summed E-state index contributed by atoms with van der Waals surface area (Å²) in [6, 6.07) is 0. The minimum atomic E-state index is 0.500. The van der Waals surface area contributed by atoms with E-state index in [1.807, 2.05) is 0 Å². The molecule has 8 heavy (non-hydrogen) atoms. The van der Waals surface area contributed by atoms with E-state index in [1.165, 1.54) is 6.42 Å². The predicted octanol–water partition coefficient (Wildman–Crippen LogP) is 1.90. The lowest BCUT2D eigenvalue weighted by Crippen LogP contribution is -2.05. The maximum Gasteiger partial charge on any atom is 0.00362 e. The molecule has 0 aromatic carbocycles. The third kappa shape index (κ3) is 2.67. The van der Waals surface area contributed by atoms with E-state index in [1.54, 1.807) is 0 Å². The Morgan fingerprint density at radius 1 is 1.75 bits per heavy atom. The Labute approximate surface area is 51.6 Å². The van der Waals surface area contributed by atoms with Crippen LogP contribution in [0.3, 0.4) is 0 Å². The monoisotopic (exact) mass is 113 g/mol. The van der Waals surface area contributed by atoms with Crippen molar-refractivity contribution >= 4 is 0 Å². The summed E-state index contributed by atoms with van der Waals surface area (Å²) in [6.45, 7) is 7.91. The molecule has 0 aromatic heterocycles. The zero-order valence-electron chi connectivity index (χ0n) is 5.78. The highest BCUT2D eigenvalue weighted by Gasteiger charge is 1.98. The molecule has 1 atom stereocenters. The molecule has 0 saturated heterocycles. The Balaban J connectivity index is 3.32. The minimum absolute atomic E-state index is 0.500. The number of hydrogen-bond acceptors (Lipinski definition) is 1. The van der Waals surface area contributed by atoms with Gasteiger partial charge in [-0.2, -0.15) is 0 Å². The van der Waals surface area contributed by atoms with Gasteiger partial charge in [-0.15, -0.1) is 0 Å². The fraction of sp³-hybridized carbons (Fsp3) is 0.714. The molecule has 0 spiro atoms. The molecule has 0 radical (unpaired) electrons. The second-order valence-corrected chi connectivity index (χ2v) is 2.26. The van der Waals surface area contributed by atoms with Crippen LogP contribution < -0.4 is 5.73 Å². The van der Waals surface area contributed by atoms with Gasteiger partial charge in [0.25, 0.3) is 0 Å². The van der Waals surface area contributed by atoms with E-state index in [9.17, 15) is 0 Å². The van der Waals surface area contributed by atoms with Crippen molar-refractivity contribution in [1.82, 2.24) is 0 Å². The molecule has 0 saturated carbocycles. The first-order valence-corrected chi connectivity index (χ1v) is 3.12. The number of allylic oxidation sites excluding steroid dienone is 1. The van der Waals surface area contributed by atoms with E-state index in [4.69, 9.17) is 5.73 Å². The second-order valence-electron chi connectivity index (χ2n) is 2.26. The van der Waals surface area contributed by atoms with Crippen LogP contribution in [0.15, 0.2) is 12.3 Å². The molecular weight excluding hydrogens is 98.1 g/mol. The van der Waals surface area contributed by atoms with Gasteiger partial charge in [0.1, 0.15) is 0 Å². The van der Waals surface area contributed by atoms with Crippen LogP contribution in [0.4, 0.5) is 0 Å². The lowest BCUT2D eigenvalue weighted by Gasteiger charge is -2.06. The molecule has 0 rings (SSSR count). The lowest BCUT2D eigenvalue weighted by molar-refractivity contribution is 0.598. The standard InChI is InChI=1S/C7H15N/c1-4-5-6(2)7(3)8/h6H,3-5,8H2,1-2H3/t6-/m1/s1. The fourth-order valence-electron chi connectivity index (χ4n) is 0.618. The maximum absolute atomic E-state index is 5.43. The first-order chi connectivity index (χ1) is 3.68.